The largest absolute Gasteiger partial charge is 0.356 e. The molecule has 1 fully saturated rings. The molecule has 0 spiro atoms. The molecule has 2 N–H and O–H groups in total. The topological polar surface area (TPSA) is 39.7 Å². The quantitative estimate of drug-likeness (QED) is 0.624. The Morgan fingerprint density at radius 1 is 1.09 bits per heavy atom. The molecule has 122 valence electrons. The van der Waals surface area contributed by atoms with Gasteiger partial charge in [-0.2, -0.15) is 0 Å². The van der Waals surface area contributed by atoms with Crippen LogP contribution in [-0.2, 0) is 6.42 Å². The fourth-order valence-electron chi connectivity index (χ4n) is 2.71. The molecule has 0 saturated carbocycles. The highest BCUT2D eigenvalue weighted by molar-refractivity contribution is 5.79. The van der Waals surface area contributed by atoms with Gasteiger partial charge in [-0.25, -0.2) is 4.39 Å². The van der Waals surface area contributed by atoms with Crippen LogP contribution in [0, 0.1) is 5.82 Å². The van der Waals surface area contributed by atoms with E-state index in [0.29, 0.717) is 0 Å². The van der Waals surface area contributed by atoms with Crippen LogP contribution in [0.3, 0.4) is 0 Å². The molecule has 0 amide bonds. The first-order valence-corrected chi connectivity index (χ1v) is 8.19. The Morgan fingerprint density at radius 3 is 2.45 bits per heavy atom. The minimum atomic E-state index is -0.188. The summed E-state index contributed by atoms with van der Waals surface area (Å²) in [6.45, 7) is 5.21. The molecule has 2 rings (SSSR count). The van der Waals surface area contributed by atoms with Crippen molar-refractivity contribution in [2.24, 2.45) is 4.99 Å². The van der Waals surface area contributed by atoms with E-state index in [0.717, 1.165) is 37.6 Å². The molecular weight excluding hydrogens is 279 g/mol. The van der Waals surface area contributed by atoms with Crippen molar-refractivity contribution in [2.45, 2.75) is 25.7 Å². The molecule has 1 aromatic rings. The smallest absolute Gasteiger partial charge is 0.191 e. The summed E-state index contributed by atoms with van der Waals surface area (Å²) >= 11 is 0. The Hall–Kier alpha value is -1.62. The van der Waals surface area contributed by atoms with E-state index in [4.69, 9.17) is 0 Å². The van der Waals surface area contributed by atoms with E-state index in [2.05, 4.69) is 20.5 Å². The number of hydrogen-bond acceptors (Lipinski definition) is 2. The van der Waals surface area contributed by atoms with Gasteiger partial charge in [0, 0.05) is 26.7 Å². The van der Waals surface area contributed by atoms with Gasteiger partial charge in [-0.3, -0.25) is 4.99 Å². The number of benzene rings is 1. The molecule has 1 saturated heterocycles. The third-order valence-corrected chi connectivity index (χ3v) is 4.01. The van der Waals surface area contributed by atoms with Crippen LogP contribution in [0.5, 0.6) is 0 Å². The predicted molar refractivity (Wildman–Crippen MR) is 89.8 cm³/mol. The van der Waals surface area contributed by atoms with E-state index in [1.807, 2.05) is 12.1 Å². The molecular formula is C17H27FN4. The first-order valence-electron chi connectivity index (χ1n) is 8.19. The van der Waals surface area contributed by atoms with Crippen LogP contribution in [-0.4, -0.2) is 50.6 Å². The fourth-order valence-corrected chi connectivity index (χ4v) is 2.71. The number of halogens is 1. The zero-order chi connectivity index (χ0) is 15.6. The minimum absolute atomic E-state index is 0.188. The van der Waals surface area contributed by atoms with Gasteiger partial charge in [-0.1, -0.05) is 18.6 Å². The zero-order valence-electron chi connectivity index (χ0n) is 13.4. The lowest BCUT2D eigenvalue weighted by molar-refractivity contribution is 0.232. The van der Waals surface area contributed by atoms with Gasteiger partial charge in [0.2, 0.25) is 0 Å². The minimum Gasteiger partial charge on any atom is -0.356 e. The lowest BCUT2D eigenvalue weighted by Gasteiger charge is -2.26. The Morgan fingerprint density at radius 2 is 1.77 bits per heavy atom. The standard InChI is InChI=1S/C17H27FN4/c1-19-17(21-11-14-22-12-3-2-4-13-22)20-10-9-15-5-7-16(18)8-6-15/h5-8H,2-4,9-14H2,1H3,(H2,19,20,21). The van der Waals surface area contributed by atoms with E-state index >= 15 is 0 Å². The second kappa shape index (κ2) is 9.41. The zero-order valence-corrected chi connectivity index (χ0v) is 13.4. The van der Waals surface area contributed by atoms with E-state index in [1.54, 1.807) is 7.05 Å². The van der Waals surface area contributed by atoms with Crippen LogP contribution in [0.1, 0.15) is 24.8 Å². The summed E-state index contributed by atoms with van der Waals surface area (Å²) in [6.07, 6.45) is 4.87. The highest BCUT2D eigenvalue weighted by Crippen LogP contribution is 2.07. The van der Waals surface area contributed by atoms with E-state index < -0.39 is 0 Å². The van der Waals surface area contributed by atoms with Crippen LogP contribution in [0.25, 0.3) is 0 Å². The number of guanidine groups is 1. The maximum absolute atomic E-state index is 12.8. The third-order valence-electron chi connectivity index (χ3n) is 4.01. The highest BCUT2D eigenvalue weighted by atomic mass is 19.1. The summed E-state index contributed by atoms with van der Waals surface area (Å²) in [4.78, 5) is 6.73. The molecule has 0 radical (unpaired) electrons. The Kier molecular flexibility index (Phi) is 7.16. The van der Waals surface area contributed by atoms with Crippen LogP contribution in [0.15, 0.2) is 29.3 Å². The van der Waals surface area contributed by atoms with Crippen molar-refractivity contribution < 1.29 is 4.39 Å². The number of likely N-dealkylation sites (tertiary alicyclic amines) is 1. The van der Waals surface area contributed by atoms with Crippen molar-refractivity contribution >= 4 is 5.96 Å². The first-order chi connectivity index (χ1) is 10.8. The molecule has 5 heteroatoms. The van der Waals surface area contributed by atoms with E-state index in [1.165, 1.54) is 44.5 Å². The summed E-state index contributed by atoms with van der Waals surface area (Å²) in [6, 6.07) is 6.65. The average Bonchev–Trinajstić information content (AvgIpc) is 2.56. The summed E-state index contributed by atoms with van der Waals surface area (Å²) in [5, 5.41) is 6.65. The number of nitrogens with zero attached hydrogens (tertiary/aromatic N) is 2. The van der Waals surface area contributed by atoms with Crippen molar-refractivity contribution in [3.05, 3.63) is 35.6 Å². The van der Waals surface area contributed by atoms with Gasteiger partial charge in [0.15, 0.2) is 5.96 Å². The van der Waals surface area contributed by atoms with Crippen LogP contribution >= 0.6 is 0 Å². The van der Waals surface area contributed by atoms with Gasteiger partial charge in [-0.15, -0.1) is 0 Å². The summed E-state index contributed by atoms with van der Waals surface area (Å²) < 4.78 is 12.8. The van der Waals surface area contributed by atoms with E-state index in [9.17, 15) is 4.39 Å². The molecule has 0 unspecified atom stereocenters. The molecule has 1 aromatic carbocycles. The second-order valence-electron chi connectivity index (χ2n) is 5.70. The molecule has 0 atom stereocenters. The monoisotopic (exact) mass is 306 g/mol. The van der Waals surface area contributed by atoms with Crippen molar-refractivity contribution in [3.63, 3.8) is 0 Å². The Bertz CT molecular complexity index is 452. The number of rotatable bonds is 6. The lowest BCUT2D eigenvalue weighted by Crippen LogP contribution is -2.43. The van der Waals surface area contributed by atoms with Gasteiger partial charge in [0.25, 0.3) is 0 Å². The number of aliphatic imine (C=N–C) groups is 1. The summed E-state index contributed by atoms with van der Waals surface area (Å²) in [5.41, 5.74) is 1.12. The van der Waals surface area contributed by atoms with Crippen molar-refractivity contribution in [1.29, 1.82) is 0 Å². The third kappa shape index (κ3) is 6.02. The van der Waals surface area contributed by atoms with Crippen molar-refractivity contribution in [1.82, 2.24) is 15.5 Å². The SMILES string of the molecule is CN=C(NCCc1ccc(F)cc1)NCCN1CCCCC1. The van der Waals surface area contributed by atoms with Crippen LogP contribution in [0.2, 0.25) is 0 Å². The van der Waals surface area contributed by atoms with E-state index in [-0.39, 0.29) is 5.82 Å². The second-order valence-corrected chi connectivity index (χ2v) is 5.70. The molecule has 0 aromatic heterocycles. The molecule has 1 aliphatic heterocycles. The molecule has 0 aliphatic carbocycles. The molecule has 1 heterocycles. The highest BCUT2D eigenvalue weighted by Gasteiger charge is 2.09. The van der Waals surface area contributed by atoms with Crippen LogP contribution in [0.4, 0.5) is 4.39 Å². The Labute approximate surface area is 132 Å². The predicted octanol–water partition coefficient (Wildman–Crippen LogP) is 2.02. The number of hydrogen-bond donors (Lipinski definition) is 2. The molecule has 22 heavy (non-hydrogen) atoms. The maximum Gasteiger partial charge on any atom is 0.191 e. The molecule has 4 nitrogen and oxygen atoms in total. The lowest BCUT2D eigenvalue weighted by atomic mass is 10.1. The average molecular weight is 306 g/mol. The van der Waals surface area contributed by atoms with Gasteiger partial charge >= 0.3 is 0 Å². The van der Waals surface area contributed by atoms with Crippen LogP contribution < -0.4 is 10.6 Å². The van der Waals surface area contributed by atoms with Crippen molar-refractivity contribution in [3.8, 4) is 0 Å². The summed E-state index contributed by atoms with van der Waals surface area (Å²) in [7, 11) is 1.79. The van der Waals surface area contributed by atoms with Gasteiger partial charge in [-0.05, 0) is 50.0 Å². The van der Waals surface area contributed by atoms with Gasteiger partial charge < -0.3 is 15.5 Å². The number of nitrogens with one attached hydrogen (secondary N) is 2. The van der Waals surface area contributed by atoms with Gasteiger partial charge in [0.1, 0.15) is 5.82 Å². The first kappa shape index (κ1) is 16.7. The van der Waals surface area contributed by atoms with Crippen molar-refractivity contribution in [2.75, 3.05) is 39.8 Å². The summed E-state index contributed by atoms with van der Waals surface area (Å²) in [5.74, 6) is 0.644. The molecule has 1 aliphatic rings. The van der Waals surface area contributed by atoms with Gasteiger partial charge in [0.05, 0.1) is 0 Å². The maximum atomic E-state index is 12.8. The Balaban J connectivity index is 1.61. The number of piperidine rings is 1. The molecule has 0 bridgehead atoms. The normalized spacial score (nSPS) is 16.5. The fraction of sp³-hybridized carbons (Fsp3) is 0.588.